The molecule has 0 aliphatic rings. The summed E-state index contributed by atoms with van der Waals surface area (Å²) in [5.41, 5.74) is -3.26. The lowest BCUT2D eigenvalue weighted by Crippen LogP contribution is -2.04. The predicted molar refractivity (Wildman–Crippen MR) is 65.5 cm³/mol. The van der Waals surface area contributed by atoms with Crippen molar-refractivity contribution in [1.29, 1.82) is 0 Å². The monoisotopic (exact) mass is 287 g/mol. The second-order valence-electron chi connectivity index (χ2n) is 3.93. The lowest BCUT2D eigenvalue weighted by molar-refractivity contribution is -0.420. The van der Waals surface area contributed by atoms with Crippen LogP contribution in [0.15, 0.2) is 12.1 Å². The largest absolute Gasteiger partial charge is 0.863 e. The Labute approximate surface area is 112 Å². The molecule has 110 valence electrons. The van der Waals surface area contributed by atoms with E-state index < -0.39 is 37.6 Å². The zero-order chi connectivity index (χ0) is 16.0. The summed E-state index contributed by atoms with van der Waals surface area (Å²) in [6.07, 6.45) is 0. The first-order valence-corrected chi connectivity index (χ1v) is 4.97. The summed E-state index contributed by atoms with van der Waals surface area (Å²) < 4.78 is 0. The van der Waals surface area contributed by atoms with Crippen molar-refractivity contribution < 1.29 is 19.9 Å². The molecule has 0 saturated heterocycles. The maximum atomic E-state index is 11.1. The molecule has 1 rings (SSSR count). The first-order chi connectivity index (χ1) is 9.07. The Bertz CT molecular complexity index is 505. The number of hydrogen-bond acceptors (Lipinski definition) is 8. The van der Waals surface area contributed by atoms with Gasteiger partial charge in [0.1, 0.15) is 0 Å². The Kier molecular flexibility index (Phi) is 5.96. The van der Waals surface area contributed by atoms with Gasteiger partial charge in [0, 0.05) is 0 Å². The Morgan fingerprint density at radius 3 is 1.35 bits per heavy atom. The highest BCUT2D eigenvalue weighted by Gasteiger charge is 2.24. The molecule has 11 heteroatoms. The van der Waals surface area contributed by atoms with Crippen molar-refractivity contribution in [2.45, 2.75) is 0 Å². The molecule has 0 heterocycles. The van der Waals surface area contributed by atoms with Crippen LogP contribution in [0.3, 0.4) is 0 Å². The minimum atomic E-state index is -1.46. The maximum absolute atomic E-state index is 11.1. The molecule has 1 aromatic rings. The molecule has 0 fully saturated rings. The van der Waals surface area contributed by atoms with Crippen molar-refractivity contribution in [3.05, 3.63) is 42.5 Å². The minimum absolute atomic E-state index is 0.384. The van der Waals surface area contributed by atoms with Crippen LogP contribution in [-0.2, 0) is 0 Å². The molecule has 0 bridgehead atoms. The van der Waals surface area contributed by atoms with Crippen LogP contribution in [0.1, 0.15) is 0 Å². The number of nitro groups is 3. The van der Waals surface area contributed by atoms with Gasteiger partial charge in [0.15, 0.2) is 0 Å². The average Bonchev–Trinajstić information content (AvgIpc) is 2.27. The SMILES string of the molecule is CN(C)C.O=[N+]([O-])c1cc([N+](=O)[O-])c([O-])c([N+](=O)[O-])c1. The third-order valence-electron chi connectivity index (χ3n) is 1.64. The van der Waals surface area contributed by atoms with Gasteiger partial charge in [-0.25, -0.2) is 0 Å². The third kappa shape index (κ3) is 4.81. The van der Waals surface area contributed by atoms with Crippen molar-refractivity contribution in [3.63, 3.8) is 0 Å². The van der Waals surface area contributed by atoms with Gasteiger partial charge in [-0.1, -0.05) is 0 Å². The summed E-state index contributed by atoms with van der Waals surface area (Å²) in [6, 6.07) is 0.769. The fraction of sp³-hybridized carbons (Fsp3) is 0.333. The molecule has 0 aromatic heterocycles. The molecule has 11 nitrogen and oxygen atoms in total. The molecule has 0 aliphatic carbocycles. The topological polar surface area (TPSA) is 156 Å². The van der Waals surface area contributed by atoms with Crippen molar-refractivity contribution in [1.82, 2.24) is 4.90 Å². The van der Waals surface area contributed by atoms with Crippen LogP contribution in [0.25, 0.3) is 0 Å². The van der Waals surface area contributed by atoms with Crippen molar-refractivity contribution in [2.24, 2.45) is 0 Å². The number of non-ortho nitro benzene ring substituents is 1. The second kappa shape index (κ2) is 6.94. The van der Waals surface area contributed by atoms with E-state index in [4.69, 9.17) is 0 Å². The molecule has 0 amide bonds. The van der Waals surface area contributed by atoms with Crippen LogP contribution in [0, 0.1) is 30.3 Å². The molecule has 0 spiro atoms. The van der Waals surface area contributed by atoms with E-state index in [1.165, 1.54) is 0 Å². The second-order valence-corrected chi connectivity index (χ2v) is 3.93. The van der Waals surface area contributed by atoms with E-state index in [1.54, 1.807) is 0 Å². The summed E-state index contributed by atoms with van der Waals surface area (Å²) in [4.78, 5) is 29.5. The Hall–Kier alpha value is -2.82. The van der Waals surface area contributed by atoms with Crippen molar-refractivity contribution in [3.8, 4) is 5.75 Å². The number of nitrogens with zero attached hydrogens (tertiary/aromatic N) is 4. The smallest absolute Gasteiger partial charge is 0.283 e. The van der Waals surface area contributed by atoms with E-state index in [-0.39, 0.29) is 0 Å². The van der Waals surface area contributed by atoms with Gasteiger partial charge in [0.05, 0.1) is 32.7 Å². The highest BCUT2D eigenvalue weighted by Crippen LogP contribution is 2.36. The summed E-state index contributed by atoms with van der Waals surface area (Å²) >= 11 is 0. The molecule has 0 N–H and O–H groups in total. The molecule has 0 radical (unpaired) electrons. The number of benzene rings is 1. The summed E-state index contributed by atoms with van der Waals surface area (Å²) in [6.45, 7) is 0. The van der Waals surface area contributed by atoms with Gasteiger partial charge in [0.2, 0.25) is 0 Å². The zero-order valence-corrected chi connectivity index (χ0v) is 10.8. The van der Waals surface area contributed by atoms with Crippen molar-refractivity contribution >= 4 is 17.1 Å². The van der Waals surface area contributed by atoms with Gasteiger partial charge in [-0.3, -0.25) is 30.3 Å². The zero-order valence-electron chi connectivity index (χ0n) is 10.8. The van der Waals surface area contributed by atoms with E-state index >= 15 is 0 Å². The van der Waals surface area contributed by atoms with Crippen LogP contribution in [0.2, 0.25) is 0 Å². The van der Waals surface area contributed by atoms with Crippen LogP contribution in [0.4, 0.5) is 17.1 Å². The quantitative estimate of drug-likeness (QED) is 0.579. The predicted octanol–water partition coefficient (Wildman–Crippen LogP) is 0.663. The molecule has 0 atom stereocenters. The fourth-order valence-electron chi connectivity index (χ4n) is 0.961. The normalized spacial score (nSPS) is 9.60. The van der Waals surface area contributed by atoms with Gasteiger partial charge < -0.3 is 10.0 Å². The standard InChI is InChI=1S/C6H3N3O7.C3H9N/c10-6-4(8(13)14)1-3(7(11)12)2-5(6)9(15)16;1-4(2)3/h1-2,10H;1-3H3/p-1. The average molecular weight is 287 g/mol. The summed E-state index contributed by atoms with van der Waals surface area (Å²) in [5.74, 6) is -1.46. The Morgan fingerprint density at radius 2 is 1.15 bits per heavy atom. The van der Waals surface area contributed by atoms with Crippen LogP contribution >= 0.6 is 0 Å². The fourth-order valence-corrected chi connectivity index (χ4v) is 0.961. The van der Waals surface area contributed by atoms with Gasteiger partial charge in [0.25, 0.3) is 17.1 Å². The number of rotatable bonds is 3. The van der Waals surface area contributed by atoms with E-state index in [0.717, 1.165) is 0 Å². The van der Waals surface area contributed by atoms with Crippen molar-refractivity contribution in [2.75, 3.05) is 21.1 Å². The van der Waals surface area contributed by atoms with E-state index in [1.807, 2.05) is 26.0 Å². The van der Waals surface area contributed by atoms with Gasteiger partial charge in [-0.2, -0.15) is 0 Å². The molecule has 0 aliphatic heterocycles. The van der Waals surface area contributed by atoms with Gasteiger partial charge in [-0.05, 0) is 21.1 Å². The van der Waals surface area contributed by atoms with E-state index in [9.17, 15) is 35.4 Å². The lowest BCUT2D eigenvalue weighted by atomic mass is 10.2. The molecule has 20 heavy (non-hydrogen) atoms. The molecule has 1 aromatic carbocycles. The molecular weight excluding hydrogens is 276 g/mol. The number of hydrogen-bond donors (Lipinski definition) is 0. The van der Waals surface area contributed by atoms with Crippen LogP contribution in [0.5, 0.6) is 5.75 Å². The summed E-state index contributed by atoms with van der Waals surface area (Å²) in [5, 5.41) is 42.1. The minimum Gasteiger partial charge on any atom is -0.863 e. The summed E-state index contributed by atoms with van der Waals surface area (Å²) in [7, 11) is 6.00. The highest BCUT2D eigenvalue weighted by molar-refractivity contribution is 5.63. The Morgan fingerprint density at radius 1 is 0.850 bits per heavy atom. The molecule has 0 unspecified atom stereocenters. The number of nitro benzene ring substituents is 3. The molecule has 0 saturated carbocycles. The Balaban J connectivity index is 0.000000796. The highest BCUT2D eigenvalue weighted by atomic mass is 16.6. The lowest BCUT2D eigenvalue weighted by Gasteiger charge is -2.06. The van der Waals surface area contributed by atoms with Crippen LogP contribution in [-0.4, -0.2) is 40.8 Å². The maximum Gasteiger partial charge on any atom is 0.283 e. The van der Waals surface area contributed by atoms with Gasteiger partial charge >= 0.3 is 0 Å². The molecular formula is C9H11N4O7-. The van der Waals surface area contributed by atoms with Crippen LogP contribution < -0.4 is 5.11 Å². The first-order valence-electron chi connectivity index (χ1n) is 4.97. The first kappa shape index (κ1) is 17.2. The third-order valence-corrected chi connectivity index (χ3v) is 1.64. The van der Waals surface area contributed by atoms with E-state index in [0.29, 0.717) is 12.1 Å². The van der Waals surface area contributed by atoms with E-state index in [2.05, 4.69) is 0 Å². The van der Waals surface area contributed by atoms with Gasteiger partial charge in [-0.15, -0.1) is 0 Å².